The molecule has 1 fully saturated rings. The van der Waals surface area contributed by atoms with E-state index in [2.05, 4.69) is 10.3 Å². The highest BCUT2D eigenvalue weighted by atomic mass is 19.1. The van der Waals surface area contributed by atoms with Crippen LogP contribution < -0.4 is 5.32 Å². The lowest BCUT2D eigenvalue weighted by molar-refractivity contribution is -0.122. The summed E-state index contributed by atoms with van der Waals surface area (Å²) in [6.45, 7) is 0. The van der Waals surface area contributed by atoms with Crippen molar-refractivity contribution in [3.05, 3.63) is 36.4 Å². The van der Waals surface area contributed by atoms with Crippen LogP contribution in [0.25, 0.3) is 11.3 Å². The van der Waals surface area contributed by atoms with E-state index in [0.717, 1.165) is 12.0 Å². The molecular weight excluding hydrogens is 285 g/mol. The largest absolute Gasteiger partial charge is 0.392 e. The Hall–Kier alpha value is -2.21. The van der Waals surface area contributed by atoms with Crippen LogP contribution in [0.5, 0.6) is 0 Å². The fraction of sp³-hybridized carbons (Fsp3) is 0.375. The summed E-state index contributed by atoms with van der Waals surface area (Å²) >= 11 is 0. The van der Waals surface area contributed by atoms with Gasteiger partial charge in [-0.2, -0.15) is 0 Å². The standard InChI is InChI=1S/C16H18FN3O2/c1-20-9-18-14(10-5-7-11(17)8-6-10)15(20)19-16(22)12-3-2-4-13(12)21/h5-9,12-13,21H,2-4H2,1H3,(H,19,22). The molecule has 1 saturated carbocycles. The highest BCUT2D eigenvalue weighted by Gasteiger charge is 2.32. The number of carbonyl (C=O) groups excluding carboxylic acids is 1. The third kappa shape index (κ3) is 2.74. The molecule has 2 aromatic rings. The zero-order valence-electron chi connectivity index (χ0n) is 12.3. The van der Waals surface area contributed by atoms with Gasteiger partial charge in [-0.3, -0.25) is 4.79 Å². The van der Waals surface area contributed by atoms with Crippen molar-refractivity contribution < 1.29 is 14.3 Å². The van der Waals surface area contributed by atoms with Gasteiger partial charge in [-0.05, 0) is 43.5 Å². The van der Waals surface area contributed by atoms with Crippen molar-refractivity contribution in [3.8, 4) is 11.3 Å². The number of nitrogens with one attached hydrogen (secondary N) is 1. The molecule has 1 amide bonds. The van der Waals surface area contributed by atoms with Crippen molar-refractivity contribution in [1.29, 1.82) is 0 Å². The average Bonchev–Trinajstić information content (AvgIpc) is 3.07. The van der Waals surface area contributed by atoms with Crippen LogP contribution in [-0.4, -0.2) is 26.7 Å². The lowest BCUT2D eigenvalue weighted by Crippen LogP contribution is -2.29. The van der Waals surface area contributed by atoms with E-state index in [4.69, 9.17) is 0 Å². The zero-order valence-corrected chi connectivity index (χ0v) is 12.3. The summed E-state index contributed by atoms with van der Waals surface area (Å²) in [4.78, 5) is 16.6. The second-order valence-electron chi connectivity index (χ2n) is 5.65. The summed E-state index contributed by atoms with van der Waals surface area (Å²) in [6.07, 6.45) is 3.22. The van der Waals surface area contributed by atoms with Crippen molar-refractivity contribution in [2.24, 2.45) is 13.0 Å². The van der Waals surface area contributed by atoms with Gasteiger partial charge in [0.1, 0.15) is 17.3 Å². The van der Waals surface area contributed by atoms with Crippen LogP contribution in [-0.2, 0) is 11.8 Å². The molecule has 1 aromatic heterocycles. The summed E-state index contributed by atoms with van der Waals surface area (Å²) in [5.74, 6) is -0.344. The molecule has 22 heavy (non-hydrogen) atoms. The molecule has 1 heterocycles. The first-order valence-electron chi connectivity index (χ1n) is 7.32. The second kappa shape index (κ2) is 5.88. The Morgan fingerprint density at radius 3 is 2.73 bits per heavy atom. The molecule has 0 saturated heterocycles. The molecule has 0 radical (unpaired) electrons. The number of amides is 1. The lowest BCUT2D eigenvalue weighted by atomic mass is 10.1. The normalized spacial score (nSPS) is 21.0. The Kier molecular flexibility index (Phi) is 3.94. The van der Waals surface area contributed by atoms with E-state index in [1.54, 1.807) is 30.1 Å². The molecule has 0 spiro atoms. The van der Waals surface area contributed by atoms with Gasteiger partial charge in [-0.15, -0.1) is 0 Å². The topological polar surface area (TPSA) is 67.2 Å². The van der Waals surface area contributed by atoms with E-state index >= 15 is 0 Å². The maximum Gasteiger partial charge on any atom is 0.231 e. The van der Waals surface area contributed by atoms with Crippen molar-refractivity contribution in [2.45, 2.75) is 25.4 Å². The third-order valence-corrected chi connectivity index (χ3v) is 4.11. The van der Waals surface area contributed by atoms with Crippen molar-refractivity contribution >= 4 is 11.7 Å². The van der Waals surface area contributed by atoms with E-state index in [-0.39, 0.29) is 17.6 Å². The maximum absolute atomic E-state index is 13.0. The first-order chi connectivity index (χ1) is 10.6. The molecule has 2 atom stereocenters. The van der Waals surface area contributed by atoms with Gasteiger partial charge >= 0.3 is 0 Å². The molecule has 1 aliphatic carbocycles. The van der Waals surface area contributed by atoms with E-state index in [9.17, 15) is 14.3 Å². The summed E-state index contributed by atoms with van der Waals surface area (Å²) in [5.41, 5.74) is 1.31. The number of benzene rings is 1. The van der Waals surface area contributed by atoms with Gasteiger partial charge in [0.25, 0.3) is 0 Å². The number of hydrogen-bond donors (Lipinski definition) is 2. The Morgan fingerprint density at radius 2 is 2.09 bits per heavy atom. The van der Waals surface area contributed by atoms with E-state index in [1.807, 2.05) is 0 Å². The van der Waals surface area contributed by atoms with Gasteiger partial charge in [0.2, 0.25) is 5.91 Å². The number of halogens is 1. The quantitative estimate of drug-likeness (QED) is 0.914. The number of rotatable bonds is 3. The SMILES string of the molecule is Cn1cnc(-c2ccc(F)cc2)c1NC(=O)C1CCCC1O. The molecule has 0 aliphatic heterocycles. The van der Waals surface area contributed by atoms with E-state index in [0.29, 0.717) is 24.4 Å². The average molecular weight is 303 g/mol. The number of nitrogens with zero attached hydrogens (tertiary/aromatic N) is 2. The fourth-order valence-corrected chi connectivity index (χ4v) is 2.85. The van der Waals surface area contributed by atoms with Crippen LogP contribution in [0.15, 0.2) is 30.6 Å². The van der Waals surface area contributed by atoms with Gasteiger partial charge in [-0.25, -0.2) is 9.37 Å². The third-order valence-electron chi connectivity index (χ3n) is 4.11. The van der Waals surface area contributed by atoms with Gasteiger partial charge in [-0.1, -0.05) is 0 Å². The molecule has 1 aliphatic rings. The number of imidazole rings is 1. The van der Waals surface area contributed by atoms with Gasteiger partial charge in [0.15, 0.2) is 0 Å². The number of aryl methyl sites for hydroxylation is 1. The molecule has 2 N–H and O–H groups in total. The van der Waals surface area contributed by atoms with Gasteiger partial charge in [0.05, 0.1) is 18.3 Å². The minimum Gasteiger partial charge on any atom is -0.392 e. The lowest BCUT2D eigenvalue weighted by Gasteiger charge is -2.15. The summed E-state index contributed by atoms with van der Waals surface area (Å²) < 4.78 is 14.7. The van der Waals surface area contributed by atoms with Gasteiger partial charge < -0.3 is 15.0 Å². The summed E-state index contributed by atoms with van der Waals surface area (Å²) in [6, 6.07) is 5.96. The van der Waals surface area contributed by atoms with Crippen molar-refractivity contribution in [3.63, 3.8) is 0 Å². The Bertz CT molecular complexity index is 681. The number of aliphatic hydroxyl groups excluding tert-OH is 1. The van der Waals surface area contributed by atoms with Crippen molar-refractivity contribution in [1.82, 2.24) is 9.55 Å². The molecule has 0 bridgehead atoms. The molecule has 1 aromatic carbocycles. The number of aliphatic hydroxyl groups is 1. The minimum absolute atomic E-state index is 0.197. The highest BCUT2D eigenvalue weighted by Crippen LogP contribution is 2.30. The number of anilines is 1. The number of hydrogen-bond acceptors (Lipinski definition) is 3. The van der Waals surface area contributed by atoms with E-state index < -0.39 is 6.10 Å². The predicted octanol–water partition coefficient (Wildman–Crippen LogP) is 2.33. The molecule has 3 rings (SSSR count). The zero-order chi connectivity index (χ0) is 15.7. The van der Waals surface area contributed by atoms with Crippen LogP contribution >= 0.6 is 0 Å². The second-order valence-corrected chi connectivity index (χ2v) is 5.65. The monoisotopic (exact) mass is 303 g/mol. The minimum atomic E-state index is -0.581. The van der Waals surface area contributed by atoms with Gasteiger partial charge in [0, 0.05) is 12.6 Å². The molecule has 6 heteroatoms. The Morgan fingerprint density at radius 1 is 1.36 bits per heavy atom. The Balaban J connectivity index is 1.86. The maximum atomic E-state index is 13.0. The fourth-order valence-electron chi connectivity index (χ4n) is 2.85. The highest BCUT2D eigenvalue weighted by molar-refractivity contribution is 5.95. The van der Waals surface area contributed by atoms with Crippen LogP contribution in [0.1, 0.15) is 19.3 Å². The molecule has 116 valence electrons. The van der Waals surface area contributed by atoms with Crippen LogP contribution in [0.4, 0.5) is 10.2 Å². The number of aromatic nitrogens is 2. The van der Waals surface area contributed by atoms with Crippen molar-refractivity contribution in [2.75, 3.05) is 5.32 Å². The molecule has 5 nitrogen and oxygen atoms in total. The first kappa shape index (κ1) is 14.7. The van der Waals surface area contributed by atoms with Crippen LogP contribution in [0.3, 0.4) is 0 Å². The molecule has 2 unspecified atom stereocenters. The first-order valence-corrected chi connectivity index (χ1v) is 7.32. The molecular formula is C16H18FN3O2. The summed E-state index contributed by atoms with van der Waals surface area (Å²) in [7, 11) is 1.78. The Labute approximate surface area is 127 Å². The number of carbonyl (C=O) groups is 1. The van der Waals surface area contributed by atoms with Crippen LogP contribution in [0, 0.1) is 11.7 Å². The summed E-state index contributed by atoms with van der Waals surface area (Å²) in [5, 5.41) is 12.7. The predicted molar refractivity (Wildman–Crippen MR) is 80.6 cm³/mol. The van der Waals surface area contributed by atoms with Crippen LogP contribution in [0.2, 0.25) is 0 Å². The van der Waals surface area contributed by atoms with E-state index in [1.165, 1.54) is 12.1 Å². The smallest absolute Gasteiger partial charge is 0.231 e.